The van der Waals surface area contributed by atoms with Gasteiger partial charge in [0.15, 0.2) is 0 Å². The normalized spacial score (nSPS) is 11.9. The molecule has 0 aliphatic carbocycles. The van der Waals surface area contributed by atoms with Crippen molar-refractivity contribution in [3.63, 3.8) is 0 Å². The molecule has 0 saturated carbocycles. The summed E-state index contributed by atoms with van der Waals surface area (Å²) in [6.45, 7) is 6.92. The third kappa shape index (κ3) is 3.24. The molecule has 92 valence electrons. The summed E-state index contributed by atoms with van der Waals surface area (Å²) < 4.78 is 5.13. The van der Waals surface area contributed by atoms with E-state index in [2.05, 4.69) is 6.58 Å². The first-order chi connectivity index (χ1) is 7.95. The van der Waals surface area contributed by atoms with Crippen LogP contribution in [-0.2, 0) is 4.74 Å². The molecule has 0 radical (unpaired) electrons. The number of benzene rings is 1. The van der Waals surface area contributed by atoms with E-state index < -0.39 is 5.97 Å². The van der Waals surface area contributed by atoms with Crippen LogP contribution in [0.4, 0.5) is 0 Å². The summed E-state index contributed by atoms with van der Waals surface area (Å²) in [7, 11) is 0. The third-order valence-corrected chi connectivity index (χ3v) is 2.31. The summed E-state index contributed by atoms with van der Waals surface area (Å²) in [5.74, 6) is -0.969. The van der Waals surface area contributed by atoms with Crippen molar-refractivity contribution in [2.45, 2.75) is 26.4 Å². The second-order valence-corrected chi connectivity index (χ2v) is 3.90. The summed E-state index contributed by atoms with van der Waals surface area (Å²) in [5, 5.41) is 18.8. The van der Waals surface area contributed by atoms with Gasteiger partial charge >= 0.3 is 5.97 Å². The van der Waals surface area contributed by atoms with Gasteiger partial charge in [-0.15, -0.1) is 6.58 Å². The fraction of sp³-hybridized carbons (Fsp3) is 0.308. The van der Waals surface area contributed by atoms with Gasteiger partial charge in [0.25, 0.3) is 0 Å². The minimum atomic E-state index is -0.602. The number of rotatable bonds is 4. The van der Waals surface area contributed by atoms with Crippen molar-refractivity contribution in [2.24, 2.45) is 0 Å². The van der Waals surface area contributed by atoms with Crippen LogP contribution in [0.1, 0.15) is 29.3 Å². The summed E-state index contributed by atoms with van der Waals surface area (Å²) in [6.07, 6.45) is 1.90. The number of carbonyl (C=O) groups excluding carboxylic acids is 1. The fourth-order valence-corrected chi connectivity index (χ4v) is 1.54. The van der Waals surface area contributed by atoms with E-state index in [0.717, 1.165) is 6.07 Å². The van der Waals surface area contributed by atoms with Crippen LogP contribution in [0.15, 0.2) is 24.8 Å². The zero-order chi connectivity index (χ0) is 13.0. The van der Waals surface area contributed by atoms with Crippen LogP contribution in [0.25, 0.3) is 0 Å². The average molecular weight is 236 g/mol. The topological polar surface area (TPSA) is 66.8 Å². The van der Waals surface area contributed by atoms with E-state index in [4.69, 9.17) is 4.74 Å². The number of ether oxygens (including phenoxy) is 1. The lowest BCUT2D eigenvalue weighted by Crippen LogP contribution is -2.15. The number of carbonyl (C=O) groups is 1. The number of aromatic hydroxyl groups is 2. The van der Waals surface area contributed by atoms with Crippen LogP contribution < -0.4 is 0 Å². The Bertz CT molecular complexity index is 414. The van der Waals surface area contributed by atoms with E-state index in [9.17, 15) is 15.0 Å². The summed E-state index contributed by atoms with van der Waals surface area (Å²) in [4.78, 5) is 11.8. The van der Waals surface area contributed by atoms with E-state index in [-0.39, 0.29) is 23.2 Å². The maximum atomic E-state index is 11.8. The Hall–Kier alpha value is -1.97. The molecule has 1 aromatic carbocycles. The number of aryl methyl sites for hydroxylation is 1. The Labute approximate surface area is 100 Å². The minimum Gasteiger partial charge on any atom is -0.508 e. The molecule has 0 fully saturated rings. The van der Waals surface area contributed by atoms with Gasteiger partial charge in [0.2, 0.25) is 0 Å². The van der Waals surface area contributed by atoms with Crippen molar-refractivity contribution in [2.75, 3.05) is 0 Å². The Morgan fingerprint density at radius 1 is 1.53 bits per heavy atom. The van der Waals surface area contributed by atoms with E-state index >= 15 is 0 Å². The monoisotopic (exact) mass is 236 g/mol. The molecule has 4 heteroatoms. The van der Waals surface area contributed by atoms with Gasteiger partial charge in [0.1, 0.15) is 23.2 Å². The predicted octanol–water partition coefficient (Wildman–Crippen LogP) is 2.53. The summed E-state index contributed by atoms with van der Waals surface area (Å²) in [6, 6.07) is 2.51. The predicted molar refractivity (Wildman–Crippen MR) is 64.2 cm³/mol. The van der Waals surface area contributed by atoms with Gasteiger partial charge in [-0.1, -0.05) is 6.08 Å². The minimum absolute atomic E-state index is 0.0821. The van der Waals surface area contributed by atoms with Crippen LogP contribution >= 0.6 is 0 Å². The standard InChI is InChI=1S/C13H16O4/c1-4-5-9(3)17-13(16)12-8(2)6-10(14)7-11(12)15/h4,6-7,9,14-15H,1,5H2,2-3H3/t9-/m1/s1. The Morgan fingerprint density at radius 2 is 2.18 bits per heavy atom. The molecule has 17 heavy (non-hydrogen) atoms. The van der Waals surface area contributed by atoms with Crippen LogP contribution in [0.3, 0.4) is 0 Å². The summed E-state index contributed by atoms with van der Waals surface area (Å²) in [5.41, 5.74) is 0.553. The number of esters is 1. The molecule has 0 aliphatic rings. The lowest BCUT2D eigenvalue weighted by molar-refractivity contribution is 0.0344. The van der Waals surface area contributed by atoms with Gasteiger partial charge in [0, 0.05) is 12.5 Å². The van der Waals surface area contributed by atoms with E-state index in [1.54, 1.807) is 19.9 Å². The molecule has 2 N–H and O–H groups in total. The van der Waals surface area contributed by atoms with Gasteiger partial charge in [0.05, 0.1) is 0 Å². The molecule has 1 rings (SSSR count). The smallest absolute Gasteiger partial charge is 0.342 e. The van der Waals surface area contributed by atoms with Crippen molar-refractivity contribution in [3.05, 3.63) is 35.9 Å². The Balaban J connectivity index is 2.93. The van der Waals surface area contributed by atoms with Crippen LogP contribution in [0.5, 0.6) is 11.5 Å². The maximum Gasteiger partial charge on any atom is 0.342 e. The molecular formula is C13H16O4. The highest BCUT2D eigenvalue weighted by molar-refractivity contribution is 5.94. The number of phenolic OH excluding ortho intramolecular Hbond substituents is 2. The van der Waals surface area contributed by atoms with Crippen molar-refractivity contribution < 1.29 is 19.7 Å². The lowest BCUT2D eigenvalue weighted by Gasteiger charge is -2.13. The van der Waals surface area contributed by atoms with E-state index in [0.29, 0.717) is 12.0 Å². The molecule has 4 nitrogen and oxygen atoms in total. The highest BCUT2D eigenvalue weighted by atomic mass is 16.5. The summed E-state index contributed by atoms with van der Waals surface area (Å²) >= 11 is 0. The molecule has 1 atom stereocenters. The van der Waals surface area contributed by atoms with E-state index in [1.165, 1.54) is 6.07 Å². The molecule has 0 spiro atoms. The van der Waals surface area contributed by atoms with Gasteiger partial charge in [-0.2, -0.15) is 0 Å². The molecule has 0 bridgehead atoms. The van der Waals surface area contributed by atoms with Gasteiger partial charge in [-0.05, 0) is 25.5 Å². The van der Waals surface area contributed by atoms with Crippen molar-refractivity contribution in [1.82, 2.24) is 0 Å². The van der Waals surface area contributed by atoms with Gasteiger partial charge in [-0.25, -0.2) is 4.79 Å². The first-order valence-corrected chi connectivity index (χ1v) is 5.30. The second-order valence-electron chi connectivity index (χ2n) is 3.90. The zero-order valence-electron chi connectivity index (χ0n) is 9.93. The van der Waals surface area contributed by atoms with Crippen LogP contribution in [0.2, 0.25) is 0 Å². The number of hydrogen-bond acceptors (Lipinski definition) is 4. The molecule has 1 aromatic rings. The SMILES string of the molecule is C=CC[C@@H](C)OC(=O)c1c(C)cc(O)cc1O. The third-order valence-electron chi connectivity index (χ3n) is 2.31. The first-order valence-electron chi connectivity index (χ1n) is 5.30. The molecule has 0 aromatic heterocycles. The van der Waals surface area contributed by atoms with Crippen LogP contribution in [-0.4, -0.2) is 22.3 Å². The molecule has 0 heterocycles. The number of hydrogen-bond donors (Lipinski definition) is 2. The molecular weight excluding hydrogens is 220 g/mol. The molecule has 0 saturated heterocycles. The first kappa shape index (κ1) is 13.1. The van der Waals surface area contributed by atoms with Crippen molar-refractivity contribution >= 4 is 5.97 Å². The highest BCUT2D eigenvalue weighted by Gasteiger charge is 2.18. The second kappa shape index (κ2) is 5.39. The average Bonchev–Trinajstić information content (AvgIpc) is 2.15. The maximum absolute atomic E-state index is 11.8. The van der Waals surface area contributed by atoms with Crippen LogP contribution in [0, 0.1) is 6.92 Å². The quantitative estimate of drug-likeness (QED) is 0.622. The van der Waals surface area contributed by atoms with Crippen molar-refractivity contribution in [3.8, 4) is 11.5 Å². The fourth-order valence-electron chi connectivity index (χ4n) is 1.54. The number of phenols is 2. The zero-order valence-corrected chi connectivity index (χ0v) is 9.93. The Morgan fingerprint density at radius 3 is 2.71 bits per heavy atom. The molecule has 0 aliphatic heterocycles. The molecule has 0 amide bonds. The lowest BCUT2D eigenvalue weighted by atomic mass is 10.1. The largest absolute Gasteiger partial charge is 0.508 e. The van der Waals surface area contributed by atoms with Gasteiger partial charge in [-0.3, -0.25) is 0 Å². The highest BCUT2D eigenvalue weighted by Crippen LogP contribution is 2.27. The Kier molecular flexibility index (Phi) is 4.15. The van der Waals surface area contributed by atoms with Gasteiger partial charge < -0.3 is 14.9 Å². The van der Waals surface area contributed by atoms with E-state index in [1.807, 2.05) is 0 Å². The molecule has 0 unspecified atom stereocenters. The van der Waals surface area contributed by atoms with Crippen molar-refractivity contribution in [1.29, 1.82) is 0 Å².